The predicted octanol–water partition coefficient (Wildman–Crippen LogP) is 3.00. The second-order valence-corrected chi connectivity index (χ2v) is 6.10. The highest BCUT2D eigenvalue weighted by molar-refractivity contribution is 7.14. The van der Waals surface area contributed by atoms with Crippen LogP contribution in [0.25, 0.3) is 11.3 Å². The molecule has 1 amide bonds. The Morgan fingerprint density at radius 1 is 1.32 bits per heavy atom. The van der Waals surface area contributed by atoms with E-state index in [-0.39, 0.29) is 12.5 Å². The molecule has 1 saturated heterocycles. The summed E-state index contributed by atoms with van der Waals surface area (Å²) in [6, 6.07) is 7.73. The number of carbonyl (C=O) groups is 1. The number of amides is 1. The number of hydrogen-bond donors (Lipinski definition) is 1. The lowest BCUT2D eigenvalue weighted by Crippen LogP contribution is -2.17. The Kier molecular flexibility index (Phi) is 4.70. The molecule has 0 atom stereocenters. The molecule has 22 heavy (non-hydrogen) atoms. The van der Waals surface area contributed by atoms with E-state index >= 15 is 0 Å². The number of ether oxygens (including phenoxy) is 1. The molecule has 6 heteroatoms. The minimum Gasteiger partial charge on any atom is -0.375 e. The van der Waals surface area contributed by atoms with Gasteiger partial charge in [0.15, 0.2) is 5.13 Å². The Bertz CT molecular complexity index is 633. The van der Waals surface area contributed by atoms with Crippen LogP contribution in [0.3, 0.4) is 0 Å². The molecule has 5 nitrogen and oxygen atoms in total. The molecule has 1 aliphatic heterocycles. The number of benzene rings is 1. The minimum atomic E-state index is -0.153. The Balaban J connectivity index is 1.68. The van der Waals surface area contributed by atoms with Crippen molar-refractivity contribution < 1.29 is 9.53 Å². The highest BCUT2D eigenvalue weighted by Crippen LogP contribution is 2.29. The number of hydrogen-bond acceptors (Lipinski definition) is 5. The number of carbonyl (C=O) groups excluding carboxylic acids is 1. The number of anilines is 2. The first-order chi connectivity index (χ1) is 10.8. The van der Waals surface area contributed by atoms with E-state index in [1.165, 1.54) is 20.0 Å². The molecule has 0 saturated carbocycles. The normalized spacial score (nSPS) is 14.3. The van der Waals surface area contributed by atoms with Gasteiger partial charge in [0.1, 0.15) is 6.61 Å². The Hall–Kier alpha value is -1.92. The molecule has 2 aromatic rings. The maximum Gasteiger partial charge on any atom is 0.250 e. The lowest BCUT2D eigenvalue weighted by Gasteiger charge is -2.12. The van der Waals surface area contributed by atoms with Crippen LogP contribution in [-0.2, 0) is 9.53 Å². The molecule has 1 fully saturated rings. The molecule has 0 unspecified atom stereocenters. The van der Waals surface area contributed by atoms with Crippen LogP contribution < -0.4 is 10.2 Å². The molecule has 1 aromatic carbocycles. The molecular formula is C16H19N3O2S. The lowest BCUT2D eigenvalue weighted by atomic mass is 10.1. The molecule has 3 rings (SSSR count). The van der Waals surface area contributed by atoms with Crippen molar-refractivity contribution in [2.24, 2.45) is 0 Å². The fourth-order valence-corrected chi connectivity index (χ4v) is 3.39. The summed E-state index contributed by atoms with van der Waals surface area (Å²) in [6.07, 6.45) is 2.51. The number of nitrogens with one attached hydrogen (secondary N) is 1. The van der Waals surface area contributed by atoms with Gasteiger partial charge in [0, 0.05) is 36.8 Å². The fraction of sp³-hybridized carbons (Fsp3) is 0.375. The van der Waals surface area contributed by atoms with Crippen LogP contribution in [0.15, 0.2) is 29.6 Å². The van der Waals surface area contributed by atoms with Crippen molar-refractivity contribution in [3.8, 4) is 11.3 Å². The maximum atomic E-state index is 11.5. The molecule has 0 spiro atoms. The molecule has 1 aromatic heterocycles. The van der Waals surface area contributed by atoms with Crippen LogP contribution in [-0.4, -0.2) is 37.7 Å². The van der Waals surface area contributed by atoms with Crippen molar-refractivity contribution in [1.82, 2.24) is 4.98 Å². The van der Waals surface area contributed by atoms with Crippen molar-refractivity contribution in [1.29, 1.82) is 0 Å². The summed E-state index contributed by atoms with van der Waals surface area (Å²) in [5.74, 6) is -0.153. The highest BCUT2D eigenvalue weighted by atomic mass is 32.1. The SMILES string of the molecule is COCC(=O)Nc1ccc(-c2csc(N3CCCC3)n2)cc1. The van der Waals surface area contributed by atoms with Crippen LogP contribution in [0.1, 0.15) is 12.8 Å². The first-order valence-electron chi connectivity index (χ1n) is 7.36. The summed E-state index contributed by atoms with van der Waals surface area (Å²) >= 11 is 1.69. The van der Waals surface area contributed by atoms with Crippen molar-refractivity contribution in [3.05, 3.63) is 29.6 Å². The Labute approximate surface area is 133 Å². The van der Waals surface area contributed by atoms with Gasteiger partial charge in [-0.05, 0) is 25.0 Å². The second kappa shape index (κ2) is 6.89. The quantitative estimate of drug-likeness (QED) is 0.921. The first-order valence-corrected chi connectivity index (χ1v) is 8.24. The van der Waals surface area contributed by atoms with Gasteiger partial charge in [-0.25, -0.2) is 4.98 Å². The molecule has 0 radical (unpaired) electrons. The van der Waals surface area contributed by atoms with Crippen molar-refractivity contribution in [2.75, 3.05) is 37.0 Å². The topological polar surface area (TPSA) is 54.5 Å². The molecule has 1 aliphatic rings. The lowest BCUT2D eigenvalue weighted by molar-refractivity contribution is -0.119. The third-order valence-corrected chi connectivity index (χ3v) is 4.51. The smallest absolute Gasteiger partial charge is 0.250 e. The highest BCUT2D eigenvalue weighted by Gasteiger charge is 2.16. The molecule has 0 bridgehead atoms. The number of aromatic nitrogens is 1. The molecule has 116 valence electrons. The summed E-state index contributed by atoms with van der Waals surface area (Å²) in [5.41, 5.74) is 2.81. The van der Waals surface area contributed by atoms with E-state index in [0.29, 0.717) is 0 Å². The zero-order chi connectivity index (χ0) is 15.4. The third kappa shape index (κ3) is 3.45. The number of methoxy groups -OCH3 is 1. The van der Waals surface area contributed by atoms with E-state index in [1.54, 1.807) is 11.3 Å². The average molecular weight is 317 g/mol. The van der Waals surface area contributed by atoms with Crippen LogP contribution in [0.2, 0.25) is 0 Å². The summed E-state index contributed by atoms with van der Waals surface area (Å²) < 4.78 is 4.80. The van der Waals surface area contributed by atoms with E-state index in [4.69, 9.17) is 9.72 Å². The van der Waals surface area contributed by atoms with Gasteiger partial charge in [0.2, 0.25) is 5.91 Å². The molecule has 0 aliphatic carbocycles. The van der Waals surface area contributed by atoms with Crippen LogP contribution in [0, 0.1) is 0 Å². The predicted molar refractivity (Wildman–Crippen MR) is 89.5 cm³/mol. The van der Waals surface area contributed by atoms with Gasteiger partial charge in [0.05, 0.1) is 5.69 Å². The molecular weight excluding hydrogens is 298 g/mol. The summed E-state index contributed by atoms with van der Waals surface area (Å²) in [4.78, 5) is 18.5. The monoisotopic (exact) mass is 317 g/mol. The fourth-order valence-electron chi connectivity index (χ4n) is 2.50. The van der Waals surface area contributed by atoms with E-state index in [1.807, 2.05) is 24.3 Å². The summed E-state index contributed by atoms with van der Waals surface area (Å²) in [6.45, 7) is 2.28. The van der Waals surface area contributed by atoms with E-state index in [0.717, 1.165) is 35.2 Å². The molecule has 1 N–H and O–H groups in total. The van der Waals surface area contributed by atoms with Crippen molar-refractivity contribution in [3.63, 3.8) is 0 Å². The van der Waals surface area contributed by atoms with Crippen molar-refractivity contribution >= 4 is 28.1 Å². The van der Waals surface area contributed by atoms with E-state index in [2.05, 4.69) is 15.6 Å². The summed E-state index contributed by atoms with van der Waals surface area (Å²) in [7, 11) is 1.50. The number of rotatable bonds is 5. The standard InChI is InChI=1S/C16H19N3O2S/c1-21-10-15(20)17-13-6-4-12(5-7-13)14-11-22-16(18-14)19-8-2-3-9-19/h4-7,11H,2-3,8-10H2,1H3,(H,17,20). The Morgan fingerprint density at radius 3 is 2.73 bits per heavy atom. The van der Waals surface area contributed by atoms with Gasteiger partial charge in [-0.2, -0.15) is 0 Å². The van der Waals surface area contributed by atoms with Crippen molar-refractivity contribution in [2.45, 2.75) is 12.8 Å². The number of thiazole rings is 1. The van der Waals surface area contributed by atoms with Gasteiger partial charge >= 0.3 is 0 Å². The van der Waals surface area contributed by atoms with Gasteiger partial charge < -0.3 is 15.0 Å². The van der Waals surface area contributed by atoms with Gasteiger partial charge in [-0.15, -0.1) is 11.3 Å². The molecule has 2 heterocycles. The third-order valence-electron chi connectivity index (χ3n) is 3.61. The van der Waals surface area contributed by atoms with Crippen LogP contribution >= 0.6 is 11.3 Å². The zero-order valence-electron chi connectivity index (χ0n) is 12.5. The van der Waals surface area contributed by atoms with Gasteiger partial charge in [-0.1, -0.05) is 12.1 Å². The van der Waals surface area contributed by atoms with Crippen LogP contribution in [0.5, 0.6) is 0 Å². The second-order valence-electron chi connectivity index (χ2n) is 5.27. The van der Waals surface area contributed by atoms with Gasteiger partial charge in [0.25, 0.3) is 0 Å². The first kappa shape index (κ1) is 15.0. The maximum absolute atomic E-state index is 11.5. The zero-order valence-corrected chi connectivity index (χ0v) is 13.4. The van der Waals surface area contributed by atoms with Crippen LogP contribution in [0.4, 0.5) is 10.8 Å². The van der Waals surface area contributed by atoms with Gasteiger partial charge in [-0.3, -0.25) is 4.79 Å². The Morgan fingerprint density at radius 2 is 2.05 bits per heavy atom. The summed E-state index contributed by atoms with van der Waals surface area (Å²) in [5, 5.41) is 5.97. The number of nitrogens with zero attached hydrogens (tertiary/aromatic N) is 2. The minimum absolute atomic E-state index is 0.0625. The van der Waals surface area contributed by atoms with E-state index < -0.39 is 0 Å². The largest absolute Gasteiger partial charge is 0.375 e. The van der Waals surface area contributed by atoms with E-state index in [9.17, 15) is 4.79 Å². The average Bonchev–Trinajstić information content (AvgIpc) is 3.19.